The molecule has 0 radical (unpaired) electrons. The van der Waals surface area contributed by atoms with Crippen LogP contribution in [0.15, 0.2) is 60.7 Å². The number of alkyl halides is 3. The molecule has 0 spiro atoms. The van der Waals surface area contributed by atoms with Crippen LogP contribution >= 0.6 is 7.36 Å². The topological polar surface area (TPSA) is 64.1 Å². The predicted octanol–water partition coefficient (Wildman–Crippen LogP) is 3.21. The average Bonchev–Trinajstić information content (AvgIpc) is 2.74. The first-order valence-electron chi connectivity index (χ1n) is 9.59. The second-order valence-corrected chi connectivity index (χ2v) is 8.99. The Kier molecular flexibility index (Phi) is 8.98. The van der Waals surface area contributed by atoms with Crippen LogP contribution in [0, 0.1) is 0 Å². The smallest absolute Gasteiger partial charge is 0.471 e. The van der Waals surface area contributed by atoms with Gasteiger partial charge in [-0.1, -0.05) is 72.5 Å². The molecule has 0 heterocycles. The van der Waals surface area contributed by atoms with Crippen LogP contribution in [-0.4, -0.2) is 64.0 Å². The minimum Gasteiger partial charge on any atom is -0.480 e. The molecular weight excluding hydrogens is 462 g/mol. The number of nitrogens with zero attached hydrogens (tertiary/aromatic N) is 3. The Morgan fingerprint density at radius 3 is 1.62 bits per heavy atom. The molecule has 2 rings (SSSR count). The number of carboxylic acid groups (broad SMARTS) is 1. The summed E-state index contributed by atoms with van der Waals surface area (Å²) in [6.07, 6.45) is -5.26. The van der Waals surface area contributed by atoms with E-state index in [4.69, 9.17) is 11.8 Å². The molecule has 0 aliphatic rings. The molecule has 1 N–H and O–H groups in total. The van der Waals surface area contributed by atoms with Crippen molar-refractivity contribution >= 4 is 31.0 Å². The molecule has 1 atom stereocenters. The van der Waals surface area contributed by atoms with Crippen molar-refractivity contribution in [1.82, 2.24) is 14.7 Å². The normalized spacial score (nSPS) is 12.6. The quantitative estimate of drug-likeness (QED) is 0.410. The van der Waals surface area contributed by atoms with Gasteiger partial charge in [0.25, 0.3) is 0 Å². The molecule has 174 valence electrons. The van der Waals surface area contributed by atoms with Gasteiger partial charge >= 0.3 is 18.1 Å². The second kappa shape index (κ2) is 11.0. The van der Waals surface area contributed by atoms with Crippen LogP contribution in [0.3, 0.4) is 0 Å². The first kappa shape index (κ1) is 26.0. The van der Waals surface area contributed by atoms with Gasteiger partial charge in [-0.25, -0.2) is 0 Å². The van der Waals surface area contributed by atoms with Crippen molar-refractivity contribution in [3.05, 3.63) is 71.8 Å². The summed E-state index contributed by atoms with van der Waals surface area (Å²) in [5.74, 6) is -3.80. The molecule has 0 aromatic heterocycles. The van der Waals surface area contributed by atoms with E-state index in [0.717, 1.165) is 11.1 Å². The van der Waals surface area contributed by atoms with Crippen LogP contribution in [0.2, 0.25) is 0 Å². The Bertz CT molecular complexity index is 885. The largest absolute Gasteiger partial charge is 0.480 e. The summed E-state index contributed by atoms with van der Waals surface area (Å²) in [5, 5.41) is 9.38. The molecule has 0 bridgehead atoms. The Morgan fingerprint density at radius 2 is 1.31 bits per heavy atom. The Balaban J connectivity index is 2.60. The van der Waals surface area contributed by atoms with Crippen LogP contribution in [0.5, 0.6) is 0 Å². The molecule has 11 heteroatoms. The van der Waals surface area contributed by atoms with Gasteiger partial charge in [0.2, 0.25) is 0 Å². The van der Waals surface area contributed by atoms with E-state index >= 15 is 0 Å². The summed E-state index contributed by atoms with van der Waals surface area (Å²) in [7, 11) is 1.79. The molecular formula is C21H25F3N3O3PS. The summed E-state index contributed by atoms with van der Waals surface area (Å²) in [6, 6.07) is 17.9. The van der Waals surface area contributed by atoms with Crippen LogP contribution < -0.4 is 0 Å². The van der Waals surface area contributed by atoms with Crippen molar-refractivity contribution < 1.29 is 27.9 Å². The predicted molar refractivity (Wildman–Crippen MR) is 121 cm³/mol. The van der Waals surface area contributed by atoms with Crippen LogP contribution in [-0.2, 0) is 34.5 Å². The highest BCUT2D eigenvalue weighted by Gasteiger charge is 2.53. The molecule has 0 saturated heterocycles. The minimum atomic E-state index is -5.26. The van der Waals surface area contributed by atoms with Gasteiger partial charge in [-0.3, -0.25) is 24.3 Å². The average molecular weight is 487 g/mol. The number of halogens is 3. The summed E-state index contributed by atoms with van der Waals surface area (Å²) >= 11 is 5.39. The lowest BCUT2D eigenvalue weighted by Crippen LogP contribution is -2.68. The van der Waals surface area contributed by atoms with E-state index in [1.807, 2.05) is 0 Å². The number of carboxylic acids is 1. The van der Waals surface area contributed by atoms with Crippen molar-refractivity contribution in [2.75, 3.05) is 20.6 Å². The Morgan fingerprint density at radius 1 is 0.906 bits per heavy atom. The standard InChI is InChI=1S/C21H25F3N3O3PS/c1-25(13-16-9-5-3-6-10-16)21(31-32,26(2)14-17-11-7-4-8-12-17)27(15-18(28)29)19(30)20(22,23)24/h3-12H,13-15,31H2,1-2H3,(H,28,29). The van der Waals surface area contributed by atoms with Gasteiger partial charge < -0.3 is 5.11 Å². The van der Waals surface area contributed by atoms with E-state index in [1.165, 1.54) is 9.80 Å². The van der Waals surface area contributed by atoms with E-state index in [-0.39, 0.29) is 13.1 Å². The number of benzene rings is 2. The number of amides is 1. The molecule has 2 aromatic rings. The van der Waals surface area contributed by atoms with E-state index in [9.17, 15) is 27.9 Å². The van der Waals surface area contributed by atoms with Gasteiger partial charge in [0.05, 0.1) is 0 Å². The first-order valence-corrected chi connectivity index (χ1v) is 12.1. The molecule has 0 fully saturated rings. The van der Waals surface area contributed by atoms with Crippen LogP contribution in [0.4, 0.5) is 13.2 Å². The summed E-state index contributed by atoms with van der Waals surface area (Å²) in [6.45, 7) is -0.823. The van der Waals surface area contributed by atoms with Crippen molar-refractivity contribution in [3.8, 4) is 0 Å². The van der Waals surface area contributed by atoms with Crippen molar-refractivity contribution in [2.45, 2.75) is 24.8 Å². The molecule has 1 unspecified atom stereocenters. The second-order valence-electron chi connectivity index (χ2n) is 7.27. The summed E-state index contributed by atoms with van der Waals surface area (Å²) in [5.41, 5.74) is -0.193. The Hall–Kier alpha value is -2.26. The molecule has 32 heavy (non-hydrogen) atoms. The van der Waals surface area contributed by atoms with Crippen LogP contribution in [0.25, 0.3) is 0 Å². The molecule has 0 saturated carbocycles. The minimum absolute atomic E-state index is 0.158. The van der Waals surface area contributed by atoms with Crippen LogP contribution in [0.1, 0.15) is 11.1 Å². The highest BCUT2D eigenvalue weighted by atomic mass is 32.4. The maximum atomic E-state index is 13.6. The van der Waals surface area contributed by atoms with E-state index in [0.29, 0.717) is 4.90 Å². The first-order chi connectivity index (χ1) is 15.0. The fraction of sp³-hybridized carbons (Fsp3) is 0.333. The fourth-order valence-corrected chi connectivity index (χ4v) is 5.86. The number of hydrogen-bond donors (Lipinski definition) is 1. The van der Waals surface area contributed by atoms with E-state index in [1.54, 1.807) is 74.8 Å². The zero-order chi connectivity index (χ0) is 23.9. The highest BCUT2D eigenvalue weighted by molar-refractivity contribution is 7.97. The molecule has 2 aromatic carbocycles. The van der Waals surface area contributed by atoms with Crippen molar-refractivity contribution in [2.24, 2.45) is 0 Å². The lowest BCUT2D eigenvalue weighted by Gasteiger charge is -2.52. The van der Waals surface area contributed by atoms with Gasteiger partial charge in [0.15, 0.2) is 5.53 Å². The van der Waals surface area contributed by atoms with Gasteiger partial charge in [-0.05, 0) is 32.6 Å². The maximum Gasteiger partial charge on any atom is 0.471 e. The number of carbonyl (C=O) groups is 2. The van der Waals surface area contributed by atoms with Crippen molar-refractivity contribution in [3.63, 3.8) is 0 Å². The fourth-order valence-electron chi connectivity index (χ4n) is 3.52. The summed E-state index contributed by atoms with van der Waals surface area (Å²) in [4.78, 5) is 27.4. The van der Waals surface area contributed by atoms with E-state index in [2.05, 4.69) is 0 Å². The number of rotatable bonds is 10. The SMILES string of the molecule is CN(Cc1ccccc1)C([PH2]=S)(N(C)Cc1ccccc1)N(CC(=O)O)C(=O)C(F)(F)F. The molecule has 6 nitrogen and oxygen atoms in total. The number of carbonyl (C=O) groups excluding carboxylic acids is 1. The monoisotopic (exact) mass is 487 g/mol. The molecule has 0 aliphatic heterocycles. The van der Waals surface area contributed by atoms with Gasteiger partial charge in [-0.2, -0.15) is 13.2 Å². The lowest BCUT2D eigenvalue weighted by molar-refractivity contribution is -0.204. The van der Waals surface area contributed by atoms with Gasteiger partial charge in [0, 0.05) is 13.1 Å². The third-order valence-corrected chi connectivity index (χ3v) is 7.44. The lowest BCUT2D eigenvalue weighted by atomic mass is 10.2. The van der Waals surface area contributed by atoms with E-state index < -0.39 is 37.5 Å². The number of hydrogen-bond acceptors (Lipinski definition) is 5. The maximum absolute atomic E-state index is 13.6. The van der Waals surface area contributed by atoms with Crippen molar-refractivity contribution in [1.29, 1.82) is 0 Å². The third-order valence-electron chi connectivity index (χ3n) is 4.99. The Labute approximate surface area is 191 Å². The van der Waals surface area contributed by atoms with Gasteiger partial charge in [-0.15, -0.1) is 0 Å². The molecule has 1 amide bonds. The highest BCUT2D eigenvalue weighted by Crippen LogP contribution is 2.39. The zero-order valence-electron chi connectivity index (χ0n) is 17.6. The summed E-state index contributed by atoms with van der Waals surface area (Å²) < 4.78 is 40.7. The zero-order valence-corrected chi connectivity index (χ0v) is 19.6. The molecule has 0 aliphatic carbocycles. The third kappa shape index (κ3) is 6.16. The van der Waals surface area contributed by atoms with Gasteiger partial charge in [0.1, 0.15) is 6.54 Å². The number of aliphatic carboxylic acids is 1.